The van der Waals surface area contributed by atoms with E-state index in [2.05, 4.69) is 27.6 Å². The predicted octanol–water partition coefficient (Wildman–Crippen LogP) is 4.79. The molecule has 1 aromatic heterocycles. The first-order valence-corrected chi connectivity index (χ1v) is 9.66. The van der Waals surface area contributed by atoms with Gasteiger partial charge in [0, 0.05) is 14.5 Å². The molecule has 0 aliphatic heterocycles. The first-order valence-electron chi connectivity index (χ1n) is 7.71. The largest absolute Gasteiger partial charge is 0.493 e. The molecule has 1 heterocycles. The number of nitrogens with zero attached hydrogens (tertiary/aromatic N) is 1. The summed E-state index contributed by atoms with van der Waals surface area (Å²) < 4.78 is 16.8. The van der Waals surface area contributed by atoms with Crippen LogP contribution < -0.4 is 9.47 Å². The summed E-state index contributed by atoms with van der Waals surface area (Å²) in [6.45, 7) is 0.133. The summed E-state index contributed by atoms with van der Waals surface area (Å²) in [4.78, 5) is 16.7. The Morgan fingerprint density at radius 3 is 2.62 bits per heavy atom. The average Bonchev–Trinajstić information content (AvgIpc) is 3.15. The van der Waals surface area contributed by atoms with Gasteiger partial charge in [0.25, 0.3) is 0 Å². The number of carbonyl (C=O) groups is 1. The standard InChI is InChI=1S/C19H16INO4S/c1-23-16-8-7-12(9-17(16)24-2)18-21-13(11-26-18)10-25-19(22)14-5-3-4-6-15(14)20/h3-9,11H,10H2,1-2H3. The fourth-order valence-corrected chi connectivity index (χ4v) is 3.73. The molecule has 0 fully saturated rings. The van der Waals surface area contributed by atoms with Crippen LogP contribution in [-0.2, 0) is 11.3 Å². The van der Waals surface area contributed by atoms with E-state index in [1.54, 1.807) is 20.3 Å². The van der Waals surface area contributed by atoms with Crippen LogP contribution in [-0.4, -0.2) is 25.2 Å². The Bertz CT molecular complexity index is 925. The topological polar surface area (TPSA) is 57.7 Å². The van der Waals surface area contributed by atoms with Crippen molar-refractivity contribution in [3.8, 4) is 22.1 Å². The van der Waals surface area contributed by atoms with Crippen LogP contribution in [0.4, 0.5) is 0 Å². The number of halogens is 1. The summed E-state index contributed by atoms with van der Waals surface area (Å²) in [5, 5.41) is 2.71. The lowest BCUT2D eigenvalue weighted by Crippen LogP contribution is -2.07. The number of rotatable bonds is 6. The number of hydrogen-bond donors (Lipinski definition) is 0. The van der Waals surface area contributed by atoms with E-state index in [-0.39, 0.29) is 12.6 Å². The van der Waals surface area contributed by atoms with Gasteiger partial charge in [-0.25, -0.2) is 9.78 Å². The molecule has 0 radical (unpaired) electrons. The molecule has 7 heteroatoms. The van der Waals surface area contributed by atoms with Crippen molar-refractivity contribution in [1.29, 1.82) is 0 Å². The Balaban J connectivity index is 1.70. The fraction of sp³-hybridized carbons (Fsp3) is 0.158. The van der Waals surface area contributed by atoms with E-state index in [1.807, 2.05) is 41.8 Å². The molecule has 2 aromatic carbocycles. The second-order valence-corrected chi connectivity index (χ2v) is 7.29. The van der Waals surface area contributed by atoms with Crippen LogP contribution >= 0.6 is 33.9 Å². The highest BCUT2D eigenvalue weighted by molar-refractivity contribution is 14.1. The SMILES string of the molecule is COc1ccc(-c2nc(COC(=O)c3ccccc3I)cs2)cc1OC. The van der Waals surface area contributed by atoms with Gasteiger partial charge in [-0.2, -0.15) is 0 Å². The van der Waals surface area contributed by atoms with Crippen LogP contribution in [0.1, 0.15) is 16.1 Å². The number of ether oxygens (including phenoxy) is 3. The molecule has 0 N–H and O–H groups in total. The molecular weight excluding hydrogens is 465 g/mol. The van der Waals surface area contributed by atoms with E-state index in [0.29, 0.717) is 22.8 Å². The van der Waals surface area contributed by atoms with Crippen LogP contribution in [0.5, 0.6) is 11.5 Å². The number of hydrogen-bond acceptors (Lipinski definition) is 6. The lowest BCUT2D eigenvalue weighted by molar-refractivity contribution is 0.0467. The minimum atomic E-state index is -0.351. The number of benzene rings is 2. The number of methoxy groups -OCH3 is 2. The van der Waals surface area contributed by atoms with Crippen molar-refractivity contribution in [3.63, 3.8) is 0 Å². The van der Waals surface area contributed by atoms with Gasteiger partial charge in [0.1, 0.15) is 11.6 Å². The molecule has 0 aliphatic rings. The van der Waals surface area contributed by atoms with Gasteiger partial charge in [0.2, 0.25) is 0 Å². The molecule has 134 valence electrons. The van der Waals surface area contributed by atoms with E-state index >= 15 is 0 Å². The molecule has 3 aromatic rings. The fourth-order valence-electron chi connectivity index (χ4n) is 2.32. The van der Waals surface area contributed by atoms with Crippen molar-refractivity contribution in [1.82, 2.24) is 4.98 Å². The minimum absolute atomic E-state index is 0.133. The Morgan fingerprint density at radius 2 is 1.88 bits per heavy atom. The molecule has 0 bridgehead atoms. The third-order valence-electron chi connectivity index (χ3n) is 3.63. The second-order valence-electron chi connectivity index (χ2n) is 5.27. The molecule has 0 unspecified atom stereocenters. The summed E-state index contributed by atoms with van der Waals surface area (Å²) in [5.41, 5.74) is 2.19. The molecular formula is C19H16INO4S. The highest BCUT2D eigenvalue weighted by Crippen LogP contribution is 2.33. The highest BCUT2D eigenvalue weighted by atomic mass is 127. The summed E-state index contributed by atoms with van der Waals surface area (Å²) in [7, 11) is 3.20. The lowest BCUT2D eigenvalue weighted by atomic mass is 10.2. The van der Waals surface area contributed by atoms with Crippen molar-refractivity contribution >= 4 is 39.9 Å². The van der Waals surface area contributed by atoms with Gasteiger partial charge in [0.15, 0.2) is 11.5 Å². The zero-order chi connectivity index (χ0) is 18.5. The van der Waals surface area contributed by atoms with Crippen molar-refractivity contribution in [2.75, 3.05) is 14.2 Å². The van der Waals surface area contributed by atoms with Gasteiger partial charge >= 0.3 is 5.97 Å². The summed E-state index contributed by atoms with van der Waals surface area (Å²) in [5.74, 6) is 0.960. The van der Waals surface area contributed by atoms with Crippen LogP contribution in [0, 0.1) is 3.57 Å². The van der Waals surface area contributed by atoms with E-state index < -0.39 is 0 Å². The van der Waals surface area contributed by atoms with Gasteiger partial charge in [-0.1, -0.05) is 12.1 Å². The normalized spacial score (nSPS) is 10.4. The first kappa shape index (κ1) is 18.7. The number of thiazole rings is 1. The molecule has 26 heavy (non-hydrogen) atoms. The maximum atomic E-state index is 12.2. The van der Waals surface area contributed by atoms with Crippen LogP contribution in [0.25, 0.3) is 10.6 Å². The second kappa shape index (κ2) is 8.50. The molecule has 0 amide bonds. The van der Waals surface area contributed by atoms with Gasteiger partial charge in [-0.3, -0.25) is 0 Å². The van der Waals surface area contributed by atoms with E-state index in [0.717, 1.165) is 14.1 Å². The molecule has 0 spiro atoms. The maximum Gasteiger partial charge on any atom is 0.339 e. The molecule has 0 atom stereocenters. The Labute approximate surface area is 169 Å². The first-order chi connectivity index (χ1) is 12.6. The summed E-state index contributed by atoms with van der Waals surface area (Å²) in [6, 6.07) is 13.0. The molecule has 0 saturated heterocycles. The number of aromatic nitrogens is 1. The van der Waals surface area contributed by atoms with E-state index in [4.69, 9.17) is 14.2 Å². The maximum absolute atomic E-state index is 12.2. The Morgan fingerprint density at radius 1 is 1.12 bits per heavy atom. The van der Waals surface area contributed by atoms with E-state index in [9.17, 15) is 4.79 Å². The van der Waals surface area contributed by atoms with Crippen molar-refractivity contribution in [3.05, 3.63) is 62.7 Å². The van der Waals surface area contributed by atoms with E-state index in [1.165, 1.54) is 11.3 Å². The van der Waals surface area contributed by atoms with Gasteiger partial charge < -0.3 is 14.2 Å². The van der Waals surface area contributed by atoms with Crippen LogP contribution in [0.3, 0.4) is 0 Å². The smallest absolute Gasteiger partial charge is 0.339 e. The monoisotopic (exact) mass is 481 g/mol. The third kappa shape index (κ3) is 4.16. The quantitative estimate of drug-likeness (QED) is 0.375. The highest BCUT2D eigenvalue weighted by Gasteiger charge is 2.13. The average molecular weight is 481 g/mol. The van der Waals surface area contributed by atoms with Crippen molar-refractivity contribution in [2.24, 2.45) is 0 Å². The summed E-state index contributed by atoms with van der Waals surface area (Å²) >= 11 is 3.60. The molecule has 5 nitrogen and oxygen atoms in total. The van der Waals surface area contributed by atoms with Crippen molar-refractivity contribution < 1.29 is 19.0 Å². The number of carbonyl (C=O) groups excluding carboxylic acids is 1. The van der Waals surface area contributed by atoms with Crippen molar-refractivity contribution in [2.45, 2.75) is 6.61 Å². The minimum Gasteiger partial charge on any atom is -0.493 e. The van der Waals surface area contributed by atoms with Crippen LogP contribution in [0.15, 0.2) is 47.8 Å². The third-order valence-corrected chi connectivity index (χ3v) is 5.51. The molecule has 3 rings (SSSR count). The number of esters is 1. The predicted molar refractivity (Wildman–Crippen MR) is 109 cm³/mol. The zero-order valence-corrected chi connectivity index (χ0v) is 17.2. The Hall–Kier alpha value is -2.13. The van der Waals surface area contributed by atoms with Gasteiger partial charge in [-0.05, 0) is 52.9 Å². The van der Waals surface area contributed by atoms with Gasteiger partial charge in [-0.15, -0.1) is 11.3 Å². The zero-order valence-electron chi connectivity index (χ0n) is 14.2. The Kier molecular flexibility index (Phi) is 6.10. The van der Waals surface area contributed by atoms with Crippen LogP contribution in [0.2, 0.25) is 0 Å². The molecule has 0 saturated carbocycles. The van der Waals surface area contributed by atoms with Gasteiger partial charge in [0.05, 0.1) is 25.5 Å². The molecule has 0 aliphatic carbocycles. The summed E-state index contributed by atoms with van der Waals surface area (Å²) in [6.07, 6.45) is 0. The lowest BCUT2D eigenvalue weighted by Gasteiger charge is -2.08.